The second-order valence-electron chi connectivity index (χ2n) is 3.00. The molecule has 3 N–H and O–H groups in total. The van der Waals surface area contributed by atoms with E-state index in [4.69, 9.17) is 10.6 Å². The molecular weight excluding hydrogens is 169 g/mol. The number of hydrogen-bond donors (Lipinski definition) is 3. The zero-order chi connectivity index (χ0) is 8.41. The second-order valence-corrected chi connectivity index (χ2v) is 6.58. The molecule has 62 valence electrons. The summed E-state index contributed by atoms with van der Waals surface area (Å²) in [5.41, 5.74) is 5.07. The van der Waals surface area contributed by atoms with E-state index in [1.165, 1.54) is 0 Å². The van der Waals surface area contributed by atoms with Crippen molar-refractivity contribution in [2.24, 2.45) is 5.73 Å². The molecule has 0 saturated heterocycles. The third-order valence-electron chi connectivity index (χ3n) is 0.919. The zero-order valence-corrected chi connectivity index (χ0v) is 8.03. The molecule has 0 aliphatic heterocycles. The van der Waals surface area contributed by atoms with E-state index in [0.717, 1.165) is 0 Å². The lowest BCUT2D eigenvalue weighted by molar-refractivity contribution is 0.473. The fourth-order valence-corrected chi connectivity index (χ4v) is 2.67. The van der Waals surface area contributed by atoms with Gasteiger partial charge in [-0.05, 0) is 0 Å². The maximum absolute atomic E-state index is 11.0. The van der Waals surface area contributed by atoms with Gasteiger partial charge in [-0.25, -0.2) is 0 Å². The second kappa shape index (κ2) is 3.26. The molecule has 0 saturated carbocycles. The molecule has 5 heteroatoms. The summed E-state index contributed by atoms with van der Waals surface area (Å²) in [6.45, 7) is 3.57. The van der Waals surface area contributed by atoms with E-state index in [1.807, 2.05) is 0 Å². The lowest BCUT2D eigenvalue weighted by atomic mass is 10.2. The van der Waals surface area contributed by atoms with Gasteiger partial charge in [0.15, 0.2) is 0 Å². The van der Waals surface area contributed by atoms with Crippen LogP contribution in [0.3, 0.4) is 0 Å². The molecule has 0 rings (SSSR count). The van der Waals surface area contributed by atoms with E-state index in [-0.39, 0.29) is 12.4 Å². The maximum Gasteiger partial charge on any atom is 0.215 e. The van der Waals surface area contributed by atoms with Gasteiger partial charge in [0.2, 0.25) is 7.37 Å². The number of hydrogen-bond acceptors (Lipinski definition) is 3. The summed E-state index contributed by atoms with van der Waals surface area (Å²) in [5, 5.41) is 0. The average molecular weight is 183 g/mol. The monoisotopic (exact) mass is 183 g/mol. The molecule has 0 aliphatic rings. The van der Waals surface area contributed by atoms with Gasteiger partial charge in [0.1, 0.15) is 0 Å². The summed E-state index contributed by atoms with van der Waals surface area (Å²) < 4.78 is 10.6. The van der Waals surface area contributed by atoms with Crippen molar-refractivity contribution < 1.29 is 9.46 Å². The first-order chi connectivity index (χ1) is 4.27. The fraction of sp³-hybridized carbons (Fsp3) is 1.00. The zero-order valence-electron chi connectivity index (χ0n) is 6.24. The van der Waals surface area contributed by atoms with Gasteiger partial charge in [0, 0.05) is 10.9 Å². The lowest BCUT2D eigenvalue weighted by Crippen LogP contribution is -2.19. The first-order valence-corrected chi connectivity index (χ1v) is 5.48. The van der Waals surface area contributed by atoms with E-state index >= 15 is 0 Å². The highest BCUT2D eigenvalue weighted by Gasteiger charge is 2.25. The standard InChI is InChI=1S/C5H14NO2PS/c1-5(2,10)3-9(7,8)4-6/h10H,3-4,6H2,1-2H3,(H,7,8). The molecule has 0 heterocycles. The van der Waals surface area contributed by atoms with Crippen LogP contribution in [0.4, 0.5) is 0 Å². The quantitative estimate of drug-likeness (QED) is 0.449. The maximum atomic E-state index is 11.0. The molecule has 0 aromatic carbocycles. The van der Waals surface area contributed by atoms with Crippen LogP contribution in [0.15, 0.2) is 0 Å². The van der Waals surface area contributed by atoms with Gasteiger partial charge in [-0.2, -0.15) is 12.6 Å². The van der Waals surface area contributed by atoms with Crippen molar-refractivity contribution in [1.82, 2.24) is 0 Å². The van der Waals surface area contributed by atoms with E-state index in [1.54, 1.807) is 13.8 Å². The molecule has 0 aromatic heterocycles. The van der Waals surface area contributed by atoms with Crippen LogP contribution in [0.5, 0.6) is 0 Å². The normalized spacial score (nSPS) is 18.5. The minimum Gasteiger partial charge on any atom is -0.343 e. The predicted molar refractivity (Wildman–Crippen MR) is 46.8 cm³/mol. The summed E-state index contributed by atoms with van der Waals surface area (Å²) in [7, 11) is -3.09. The Hall–Kier alpha value is 0.500. The highest BCUT2D eigenvalue weighted by atomic mass is 32.1. The van der Waals surface area contributed by atoms with Crippen LogP contribution < -0.4 is 5.73 Å². The Morgan fingerprint density at radius 3 is 2.20 bits per heavy atom. The van der Waals surface area contributed by atoms with Crippen LogP contribution in [0, 0.1) is 0 Å². The van der Waals surface area contributed by atoms with Gasteiger partial charge >= 0.3 is 0 Å². The number of thiol groups is 1. The molecule has 0 aliphatic carbocycles. The van der Waals surface area contributed by atoms with Gasteiger partial charge in [0.25, 0.3) is 0 Å². The first kappa shape index (κ1) is 10.5. The van der Waals surface area contributed by atoms with Crippen molar-refractivity contribution in [3.8, 4) is 0 Å². The molecular formula is C5H14NO2PS. The van der Waals surface area contributed by atoms with Gasteiger partial charge in [-0.15, -0.1) is 0 Å². The van der Waals surface area contributed by atoms with Crippen LogP contribution in [-0.2, 0) is 4.57 Å². The predicted octanol–water partition coefficient (Wildman–Crippen LogP) is 0.881. The SMILES string of the molecule is CC(C)(S)CP(=O)(O)CN. The summed E-state index contributed by atoms with van der Waals surface area (Å²) in [6.07, 6.45) is 0.0105. The van der Waals surface area contributed by atoms with Gasteiger partial charge in [-0.3, -0.25) is 4.57 Å². The third-order valence-corrected chi connectivity index (χ3v) is 3.18. The van der Waals surface area contributed by atoms with E-state index in [2.05, 4.69) is 12.6 Å². The van der Waals surface area contributed by atoms with Crippen molar-refractivity contribution in [2.45, 2.75) is 18.6 Å². The van der Waals surface area contributed by atoms with Gasteiger partial charge < -0.3 is 10.6 Å². The van der Waals surface area contributed by atoms with Crippen molar-refractivity contribution in [2.75, 3.05) is 12.4 Å². The Kier molecular flexibility index (Phi) is 3.43. The van der Waals surface area contributed by atoms with Crippen LogP contribution in [-0.4, -0.2) is 22.1 Å². The largest absolute Gasteiger partial charge is 0.343 e. The van der Waals surface area contributed by atoms with Crippen LogP contribution >= 0.6 is 20.0 Å². The molecule has 1 unspecified atom stereocenters. The fourth-order valence-electron chi connectivity index (χ4n) is 0.669. The van der Waals surface area contributed by atoms with Crippen molar-refractivity contribution in [1.29, 1.82) is 0 Å². The Balaban J connectivity index is 4.03. The first-order valence-electron chi connectivity index (χ1n) is 3.00. The summed E-state index contributed by atoms with van der Waals surface area (Å²) >= 11 is 4.11. The summed E-state index contributed by atoms with van der Waals surface area (Å²) in [5.74, 6) is 0. The topological polar surface area (TPSA) is 63.3 Å². The molecule has 0 aromatic rings. The smallest absolute Gasteiger partial charge is 0.215 e. The minimum atomic E-state index is -3.09. The number of rotatable bonds is 3. The Labute approximate surface area is 66.9 Å². The van der Waals surface area contributed by atoms with E-state index in [9.17, 15) is 4.57 Å². The van der Waals surface area contributed by atoms with Crippen LogP contribution in [0.1, 0.15) is 13.8 Å². The van der Waals surface area contributed by atoms with Crippen LogP contribution in [0.25, 0.3) is 0 Å². The van der Waals surface area contributed by atoms with Crippen molar-refractivity contribution in [3.05, 3.63) is 0 Å². The summed E-state index contributed by atoms with van der Waals surface area (Å²) in [6, 6.07) is 0. The van der Waals surface area contributed by atoms with Crippen molar-refractivity contribution in [3.63, 3.8) is 0 Å². The van der Waals surface area contributed by atoms with Gasteiger partial charge in [0.05, 0.1) is 6.29 Å². The third kappa shape index (κ3) is 5.30. The van der Waals surface area contributed by atoms with Crippen molar-refractivity contribution >= 4 is 20.0 Å². The molecule has 0 radical (unpaired) electrons. The molecule has 0 bridgehead atoms. The molecule has 0 fully saturated rings. The molecule has 3 nitrogen and oxygen atoms in total. The van der Waals surface area contributed by atoms with E-state index in [0.29, 0.717) is 0 Å². The minimum absolute atomic E-state index is 0.156. The highest BCUT2D eigenvalue weighted by Crippen LogP contribution is 2.42. The lowest BCUT2D eigenvalue weighted by Gasteiger charge is -2.20. The number of nitrogens with two attached hydrogens (primary N) is 1. The highest BCUT2D eigenvalue weighted by molar-refractivity contribution is 7.82. The van der Waals surface area contributed by atoms with Gasteiger partial charge in [-0.1, -0.05) is 13.8 Å². The molecule has 0 spiro atoms. The Bertz CT molecular complexity index is 154. The Morgan fingerprint density at radius 2 is 2.10 bits per heavy atom. The molecule has 0 amide bonds. The van der Waals surface area contributed by atoms with E-state index < -0.39 is 12.1 Å². The molecule has 1 atom stereocenters. The average Bonchev–Trinajstić information content (AvgIpc) is 1.60. The molecule has 10 heavy (non-hydrogen) atoms. The summed E-state index contributed by atoms with van der Waals surface area (Å²) in [4.78, 5) is 9.04. The Morgan fingerprint density at radius 1 is 1.70 bits per heavy atom. The van der Waals surface area contributed by atoms with Crippen LogP contribution in [0.2, 0.25) is 0 Å².